The van der Waals surface area contributed by atoms with Crippen molar-refractivity contribution in [3.63, 3.8) is 0 Å². The van der Waals surface area contributed by atoms with Crippen LogP contribution < -0.4 is 32.3 Å². The molecule has 0 unspecified atom stereocenters. The number of nitrogens with zero attached hydrogens (tertiary/aromatic N) is 1. The fourth-order valence-electron chi connectivity index (χ4n) is 3.16. The van der Waals surface area contributed by atoms with E-state index in [1.165, 1.54) is 0 Å². The zero-order valence-corrected chi connectivity index (χ0v) is 15.9. The highest BCUT2D eigenvalue weighted by molar-refractivity contribution is 4.93. The van der Waals surface area contributed by atoms with Gasteiger partial charge in [-0.25, -0.2) is 0 Å². The molecule has 0 aromatic carbocycles. The van der Waals surface area contributed by atoms with Crippen LogP contribution in [0.15, 0.2) is 0 Å². The van der Waals surface area contributed by atoms with Crippen LogP contribution in [0, 0.1) is 0 Å². The van der Waals surface area contributed by atoms with Crippen molar-refractivity contribution in [3.05, 3.63) is 0 Å². The van der Waals surface area contributed by atoms with Gasteiger partial charge in [0.15, 0.2) is 0 Å². The smallest absolute Gasteiger partial charge is 0.126 e. The second kappa shape index (κ2) is 12.9. The summed E-state index contributed by atoms with van der Waals surface area (Å²) < 4.78 is 5.58. The maximum absolute atomic E-state index is 10.0. The Kier molecular flexibility index (Phi) is 10.9. The van der Waals surface area contributed by atoms with E-state index in [1.54, 1.807) is 0 Å². The summed E-state index contributed by atoms with van der Waals surface area (Å²) in [4.78, 5) is 2.23. The van der Waals surface area contributed by atoms with Crippen molar-refractivity contribution in [1.82, 2.24) is 31.5 Å². The van der Waals surface area contributed by atoms with Crippen LogP contribution in [0.25, 0.3) is 0 Å². The van der Waals surface area contributed by atoms with Gasteiger partial charge in [-0.2, -0.15) is 0 Å². The molecule has 2 rings (SSSR count). The molecule has 0 aromatic rings. The molecule has 0 aromatic heterocycles. The van der Waals surface area contributed by atoms with Crippen LogP contribution in [-0.2, 0) is 4.74 Å². The first-order valence-electron chi connectivity index (χ1n) is 9.80. The molecule has 2 fully saturated rings. The summed E-state index contributed by atoms with van der Waals surface area (Å²) in [5.74, 6) is 0. The fraction of sp³-hybridized carbons (Fsp3) is 1.00. The van der Waals surface area contributed by atoms with Gasteiger partial charge < -0.3 is 47.1 Å². The number of ether oxygens (including phenoxy) is 1. The van der Waals surface area contributed by atoms with Crippen molar-refractivity contribution in [2.24, 2.45) is 5.73 Å². The van der Waals surface area contributed by atoms with E-state index in [0.717, 1.165) is 59.2 Å². The molecule has 27 heavy (non-hydrogen) atoms. The summed E-state index contributed by atoms with van der Waals surface area (Å²) in [6.07, 6.45) is -3.78. The predicted molar refractivity (Wildman–Crippen MR) is 102 cm³/mol. The second-order valence-corrected chi connectivity index (χ2v) is 7.00. The van der Waals surface area contributed by atoms with Crippen molar-refractivity contribution in [2.45, 2.75) is 30.6 Å². The topological polar surface area (TPSA) is 159 Å². The molecule has 10 N–H and O–H groups in total. The molecule has 5 atom stereocenters. The Balaban J connectivity index is 1.74. The normalized spacial score (nSPS) is 35.8. The number of rotatable bonds is 5. The molecule has 2 aliphatic rings. The Bertz CT molecular complexity index is 380. The third-order valence-corrected chi connectivity index (χ3v) is 4.86. The van der Waals surface area contributed by atoms with E-state index < -0.39 is 30.6 Å². The van der Waals surface area contributed by atoms with Gasteiger partial charge in [0.05, 0.1) is 12.6 Å². The first-order valence-corrected chi connectivity index (χ1v) is 9.80. The van der Waals surface area contributed by atoms with E-state index in [0.29, 0.717) is 6.54 Å². The second-order valence-electron chi connectivity index (χ2n) is 7.00. The van der Waals surface area contributed by atoms with Gasteiger partial charge in [-0.05, 0) is 0 Å². The lowest BCUT2D eigenvalue weighted by Gasteiger charge is -2.41. The van der Waals surface area contributed by atoms with E-state index in [2.05, 4.69) is 31.5 Å². The summed E-state index contributed by atoms with van der Waals surface area (Å²) in [7, 11) is 0. The largest absolute Gasteiger partial charge is 0.394 e. The lowest BCUT2D eigenvalue weighted by molar-refractivity contribution is -0.196. The summed E-state index contributed by atoms with van der Waals surface area (Å²) in [6.45, 7) is 8.04. The molecule has 160 valence electrons. The van der Waals surface area contributed by atoms with Crippen LogP contribution in [0.3, 0.4) is 0 Å². The fourth-order valence-corrected chi connectivity index (χ4v) is 3.16. The van der Waals surface area contributed by atoms with Crippen molar-refractivity contribution in [2.75, 3.05) is 72.3 Å². The maximum Gasteiger partial charge on any atom is 0.126 e. The molecule has 0 radical (unpaired) electrons. The lowest BCUT2D eigenvalue weighted by Crippen LogP contribution is -2.66. The highest BCUT2D eigenvalue weighted by Gasteiger charge is 2.42. The van der Waals surface area contributed by atoms with Crippen molar-refractivity contribution >= 4 is 0 Å². The molecule has 0 aliphatic carbocycles. The van der Waals surface area contributed by atoms with E-state index in [9.17, 15) is 15.3 Å². The minimum Gasteiger partial charge on any atom is -0.394 e. The van der Waals surface area contributed by atoms with E-state index in [1.807, 2.05) is 0 Å². The van der Waals surface area contributed by atoms with Crippen LogP contribution in [0.4, 0.5) is 0 Å². The van der Waals surface area contributed by atoms with Crippen LogP contribution in [0.1, 0.15) is 0 Å². The van der Waals surface area contributed by atoms with E-state index in [-0.39, 0.29) is 6.61 Å². The Hall–Kier alpha value is -0.440. The van der Waals surface area contributed by atoms with E-state index in [4.69, 9.17) is 10.5 Å². The van der Waals surface area contributed by atoms with Gasteiger partial charge in [-0.1, -0.05) is 0 Å². The Labute approximate surface area is 161 Å². The predicted octanol–water partition coefficient (Wildman–Crippen LogP) is -5.07. The Morgan fingerprint density at radius 2 is 1.48 bits per heavy atom. The first-order chi connectivity index (χ1) is 13.1. The van der Waals surface area contributed by atoms with Gasteiger partial charge in [0.1, 0.15) is 24.5 Å². The minimum absolute atomic E-state index is 0.370. The number of hydrogen-bond donors (Lipinski definition) is 9. The third-order valence-electron chi connectivity index (χ3n) is 4.86. The van der Waals surface area contributed by atoms with Crippen LogP contribution in [-0.4, -0.2) is 123 Å². The summed E-state index contributed by atoms with van der Waals surface area (Å²) >= 11 is 0. The average molecular weight is 392 g/mol. The van der Waals surface area contributed by atoms with Crippen molar-refractivity contribution in [1.29, 1.82) is 0 Å². The number of aliphatic hydroxyl groups is 3. The first kappa shape index (κ1) is 22.8. The molecule has 11 heteroatoms. The van der Waals surface area contributed by atoms with Gasteiger partial charge in [-0.3, -0.25) is 10.2 Å². The van der Waals surface area contributed by atoms with Crippen LogP contribution in [0.5, 0.6) is 0 Å². The zero-order valence-electron chi connectivity index (χ0n) is 15.9. The van der Waals surface area contributed by atoms with Crippen molar-refractivity contribution < 1.29 is 20.1 Å². The van der Waals surface area contributed by atoms with Gasteiger partial charge in [-0.15, -0.1) is 0 Å². The summed E-state index contributed by atoms with van der Waals surface area (Å²) in [5.41, 5.74) is 5.95. The molecule has 2 heterocycles. The Morgan fingerprint density at radius 1 is 0.926 bits per heavy atom. The average Bonchev–Trinajstić information content (AvgIpc) is 2.70. The maximum atomic E-state index is 10.0. The van der Waals surface area contributed by atoms with Crippen LogP contribution >= 0.6 is 0 Å². The van der Waals surface area contributed by atoms with Gasteiger partial charge in [0, 0.05) is 65.7 Å². The summed E-state index contributed by atoms with van der Waals surface area (Å²) in [5, 5.41) is 45.9. The monoisotopic (exact) mass is 391 g/mol. The molecule has 2 saturated heterocycles. The molecule has 0 saturated carbocycles. The van der Waals surface area contributed by atoms with Crippen LogP contribution in [0.2, 0.25) is 0 Å². The van der Waals surface area contributed by atoms with E-state index >= 15 is 0 Å². The zero-order chi connectivity index (χ0) is 19.5. The highest BCUT2D eigenvalue weighted by atomic mass is 16.5. The number of hydrogen-bond acceptors (Lipinski definition) is 11. The standard InChI is InChI=1S/C16H37N7O4/c17-13-15(26)14(25)12(9-24)27-16(13)22-7-8-23-10-20-5-3-18-1-2-19-4-6-21-11-23/h12-16,18-22,24-26H,1-11,17H2/t12-,13-,14-,15-,16-/m1/s1. The number of nitrogens with one attached hydrogen (secondary N) is 5. The highest BCUT2D eigenvalue weighted by Crippen LogP contribution is 2.18. The molecular weight excluding hydrogens is 354 g/mol. The molecule has 0 spiro atoms. The SMILES string of the molecule is N[C@@H]1[C@@H](O)[C@H](O)[C@@H](CO)O[C@H]1NCCN1CNCCNCCNCCNC1. The number of nitrogens with two attached hydrogens (primary N) is 1. The van der Waals surface area contributed by atoms with Crippen molar-refractivity contribution in [3.8, 4) is 0 Å². The quantitative estimate of drug-likeness (QED) is 0.221. The summed E-state index contributed by atoms with van der Waals surface area (Å²) in [6, 6.07) is -0.758. The molecule has 11 nitrogen and oxygen atoms in total. The lowest BCUT2D eigenvalue weighted by atomic mass is 9.97. The third kappa shape index (κ3) is 7.83. The van der Waals surface area contributed by atoms with Gasteiger partial charge >= 0.3 is 0 Å². The minimum atomic E-state index is -1.18. The van der Waals surface area contributed by atoms with Gasteiger partial charge in [0.2, 0.25) is 0 Å². The molecule has 0 bridgehead atoms. The number of aliphatic hydroxyl groups excluding tert-OH is 3. The Morgan fingerprint density at radius 3 is 2.04 bits per heavy atom. The molecule has 0 amide bonds. The van der Waals surface area contributed by atoms with Gasteiger partial charge in [0.25, 0.3) is 0 Å². The molecule has 2 aliphatic heterocycles. The molecular formula is C16H37N7O4.